The van der Waals surface area contributed by atoms with Crippen LogP contribution < -0.4 is 0 Å². The van der Waals surface area contributed by atoms with Gasteiger partial charge in [-0.1, -0.05) is 164 Å². The first-order valence-corrected chi connectivity index (χ1v) is 17.8. The summed E-state index contributed by atoms with van der Waals surface area (Å²) in [5.74, 6) is 1.79. The van der Waals surface area contributed by atoms with Gasteiger partial charge < -0.3 is 4.42 Å². The van der Waals surface area contributed by atoms with Crippen LogP contribution in [0.3, 0.4) is 0 Å². The predicted molar refractivity (Wildman–Crippen MR) is 217 cm³/mol. The quantitative estimate of drug-likeness (QED) is 0.176. The van der Waals surface area contributed by atoms with Gasteiger partial charge in [0.2, 0.25) is 0 Å². The second-order valence-electron chi connectivity index (χ2n) is 13.2. The zero-order chi connectivity index (χ0) is 35.1. The normalized spacial score (nSPS) is 11.4. The van der Waals surface area contributed by atoms with Crippen molar-refractivity contribution in [1.82, 2.24) is 15.0 Å². The molecule has 0 fully saturated rings. The zero-order valence-electron chi connectivity index (χ0n) is 28.6. The monoisotopic (exact) mass is 677 g/mol. The Morgan fingerprint density at radius 3 is 1.55 bits per heavy atom. The van der Waals surface area contributed by atoms with Crippen LogP contribution in [-0.4, -0.2) is 15.0 Å². The summed E-state index contributed by atoms with van der Waals surface area (Å²) >= 11 is 0. The topological polar surface area (TPSA) is 51.8 Å². The van der Waals surface area contributed by atoms with Gasteiger partial charge in [-0.05, 0) is 68.4 Å². The molecule has 8 aromatic carbocycles. The molecule has 4 nitrogen and oxygen atoms in total. The van der Waals surface area contributed by atoms with Crippen LogP contribution in [0.1, 0.15) is 0 Å². The number of rotatable bonds is 6. The molecule has 10 aromatic rings. The molecule has 2 heterocycles. The van der Waals surface area contributed by atoms with Crippen molar-refractivity contribution in [1.29, 1.82) is 0 Å². The van der Waals surface area contributed by atoms with Crippen molar-refractivity contribution in [3.8, 4) is 67.5 Å². The highest BCUT2D eigenvalue weighted by Crippen LogP contribution is 2.39. The van der Waals surface area contributed by atoms with Gasteiger partial charge in [0.1, 0.15) is 11.2 Å². The molecule has 0 aliphatic carbocycles. The molecule has 0 amide bonds. The lowest BCUT2D eigenvalue weighted by Crippen LogP contribution is -2.01. The van der Waals surface area contributed by atoms with Crippen LogP contribution >= 0.6 is 0 Å². The van der Waals surface area contributed by atoms with Gasteiger partial charge in [0.15, 0.2) is 17.5 Å². The van der Waals surface area contributed by atoms with Gasteiger partial charge in [-0.2, -0.15) is 0 Å². The summed E-state index contributed by atoms with van der Waals surface area (Å²) in [6.45, 7) is 0. The lowest BCUT2D eigenvalue weighted by atomic mass is 9.96. The van der Waals surface area contributed by atoms with E-state index < -0.39 is 0 Å². The minimum absolute atomic E-state index is 0.579. The van der Waals surface area contributed by atoms with Crippen molar-refractivity contribution in [3.63, 3.8) is 0 Å². The van der Waals surface area contributed by atoms with Crippen molar-refractivity contribution in [2.24, 2.45) is 0 Å². The van der Waals surface area contributed by atoms with Gasteiger partial charge in [0.25, 0.3) is 0 Å². The van der Waals surface area contributed by atoms with E-state index >= 15 is 0 Å². The summed E-state index contributed by atoms with van der Waals surface area (Å²) in [6, 6.07) is 65.1. The van der Waals surface area contributed by atoms with E-state index in [-0.39, 0.29) is 0 Å². The molecule has 2 aromatic heterocycles. The van der Waals surface area contributed by atoms with Gasteiger partial charge in [-0.25, -0.2) is 15.0 Å². The van der Waals surface area contributed by atoms with Gasteiger partial charge in [-0.3, -0.25) is 0 Å². The molecule has 248 valence electrons. The molecule has 0 radical (unpaired) electrons. The van der Waals surface area contributed by atoms with Gasteiger partial charge in [0, 0.05) is 27.5 Å². The molecule has 10 rings (SSSR count). The van der Waals surface area contributed by atoms with Crippen LogP contribution in [0.15, 0.2) is 192 Å². The number of nitrogens with zero attached hydrogens (tertiary/aromatic N) is 3. The average Bonchev–Trinajstić information content (AvgIpc) is 3.62. The van der Waals surface area contributed by atoms with E-state index in [0.29, 0.717) is 17.5 Å². The number of benzene rings is 8. The highest BCUT2D eigenvalue weighted by Gasteiger charge is 2.18. The molecular formula is C49H31N3O. The maximum atomic E-state index is 6.52. The Hall–Kier alpha value is -7.17. The van der Waals surface area contributed by atoms with E-state index in [4.69, 9.17) is 19.4 Å². The number of aromatic nitrogens is 3. The first-order chi connectivity index (χ1) is 26.3. The highest BCUT2D eigenvalue weighted by molar-refractivity contribution is 6.13. The Morgan fingerprint density at radius 1 is 0.302 bits per heavy atom. The first kappa shape index (κ1) is 30.6. The number of hydrogen-bond acceptors (Lipinski definition) is 4. The number of furan rings is 1. The third-order valence-electron chi connectivity index (χ3n) is 9.95. The van der Waals surface area contributed by atoms with Crippen LogP contribution in [0.5, 0.6) is 0 Å². The number of hydrogen-bond donors (Lipinski definition) is 0. The molecule has 0 aliphatic rings. The first-order valence-electron chi connectivity index (χ1n) is 17.8. The molecule has 0 atom stereocenters. The van der Waals surface area contributed by atoms with Crippen LogP contribution in [0.4, 0.5) is 0 Å². The smallest absolute Gasteiger partial charge is 0.164 e. The average molecular weight is 678 g/mol. The van der Waals surface area contributed by atoms with Gasteiger partial charge in [0.05, 0.1) is 0 Å². The van der Waals surface area contributed by atoms with Crippen LogP contribution in [0, 0.1) is 0 Å². The van der Waals surface area contributed by atoms with Crippen LogP contribution in [0.25, 0.3) is 100 Å². The second kappa shape index (κ2) is 12.9. The molecule has 53 heavy (non-hydrogen) atoms. The van der Waals surface area contributed by atoms with Crippen molar-refractivity contribution in [2.75, 3.05) is 0 Å². The van der Waals surface area contributed by atoms with Gasteiger partial charge in [-0.15, -0.1) is 0 Å². The fourth-order valence-electron chi connectivity index (χ4n) is 7.41. The van der Waals surface area contributed by atoms with Gasteiger partial charge >= 0.3 is 0 Å². The maximum absolute atomic E-state index is 6.52. The molecule has 0 bridgehead atoms. The Labute approximate surface area is 306 Å². The molecule has 0 N–H and O–H groups in total. The summed E-state index contributed by atoms with van der Waals surface area (Å²) in [4.78, 5) is 15.5. The lowest BCUT2D eigenvalue weighted by molar-refractivity contribution is 0.669. The van der Waals surface area contributed by atoms with Crippen LogP contribution in [0.2, 0.25) is 0 Å². The fourth-order valence-corrected chi connectivity index (χ4v) is 7.41. The van der Waals surface area contributed by atoms with E-state index in [2.05, 4.69) is 158 Å². The van der Waals surface area contributed by atoms with E-state index in [1.807, 2.05) is 30.3 Å². The largest absolute Gasteiger partial charge is 0.456 e. The Morgan fingerprint density at radius 2 is 0.830 bits per heavy atom. The van der Waals surface area contributed by atoms with Crippen LogP contribution in [-0.2, 0) is 0 Å². The molecule has 0 unspecified atom stereocenters. The van der Waals surface area contributed by atoms with Crippen molar-refractivity contribution < 1.29 is 4.42 Å². The van der Waals surface area contributed by atoms with Crippen molar-refractivity contribution in [2.45, 2.75) is 0 Å². The van der Waals surface area contributed by atoms with E-state index in [0.717, 1.165) is 71.7 Å². The second-order valence-corrected chi connectivity index (χ2v) is 13.2. The molecule has 0 saturated heterocycles. The zero-order valence-corrected chi connectivity index (χ0v) is 28.6. The molecular weight excluding hydrogens is 647 g/mol. The maximum Gasteiger partial charge on any atom is 0.164 e. The minimum Gasteiger partial charge on any atom is -0.456 e. The lowest BCUT2D eigenvalue weighted by Gasteiger charge is -2.13. The Balaban J connectivity index is 1.18. The summed E-state index contributed by atoms with van der Waals surface area (Å²) in [6.07, 6.45) is 0. The minimum atomic E-state index is 0.579. The standard InChI is InChI=1S/C49H31N3O/c1-4-14-32(15-5-1)38-21-10-11-22-41(38)49-51-47(36-27-26-35-20-12-23-39(43(35)30-36)33-16-6-2-7-17-33)50-48(52-49)37-28-29-42-45(31-37)53-44-25-13-24-40(46(42)44)34-18-8-3-9-19-34/h1-31H. The Bertz CT molecular complexity index is 2940. The third-order valence-corrected chi connectivity index (χ3v) is 9.95. The SMILES string of the molecule is c1ccc(-c2ccccc2-c2nc(-c3ccc4c(c3)oc3cccc(-c5ccccc5)c34)nc(-c3ccc4cccc(-c5ccccc5)c4c3)n2)cc1. The molecule has 0 spiro atoms. The summed E-state index contributed by atoms with van der Waals surface area (Å²) in [5, 5.41) is 4.45. The molecule has 4 heteroatoms. The highest BCUT2D eigenvalue weighted by atomic mass is 16.3. The summed E-state index contributed by atoms with van der Waals surface area (Å²) in [5.41, 5.74) is 11.1. The van der Waals surface area contributed by atoms with E-state index in [1.165, 1.54) is 11.1 Å². The summed E-state index contributed by atoms with van der Waals surface area (Å²) < 4.78 is 6.52. The number of fused-ring (bicyclic) bond motifs is 4. The fraction of sp³-hybridized carbons (Fsp3) is 0. The third kappa shape index (κ3) is 5.54. The summed E-state index contributed by atoms with van der Waals surface area (Å²) in [7, 11) is 0. The van der Waals surface area contributed by atoms with Crippen molar-refractivity contribution in [3.05, 3.63) is 188 Å². The molecule has 0 aliphatic heterocycles. The Kier molecular flexibility index (Phi) is 7.43. The van der Waals surface area contributed by atoms with Crippen molar-refractivity contribution >= 4 is 32.7 Å². The van der Waals surface area contributed by atoms with E-state index in [9.17, 15) is 0 Å². The predicted octanol–water partition coefficient (Wildman–Crippen LogP) is 12.9. The molecule has 0 saturated carbocycles. The van der Waals surface area contributed by atoms with E-state index in [1.54, 1.807) is 0 Å².